The molecular weight excluding hydrogens is 234 g/mol. The summed E-state index contributed by atoms with van der Waals surface area (Å²) < 4.78 is 7.55. The highest BCUT2D eigenvalue weighted by molar-refractivity contribution is 5.82. The quantitative estimate of drug-likeness (QED) is 0.751. The Morgan fingerprint density at radius 2 is 2.21 bits per heavy atom. The minimum atomic E-state index is -0.162. The van der Waals surface area contributed by atoms with Gasteiger partial charge in [0.1, 0.15) is 5.75 Å². The summed E-state index contributed by atoms with van der Waals surface area (Å²) in [4.78, 5) is 0. The Balaban J connectivity index is 2.17. The van der Waals surface area contributed by atoms with Crippen molar-refractivity contribution in [3.8, 4) is 5.75 Å². The molecule has 1 aromatic heterocycles. The maximum absolute atomic E-state index is 5.27. The Morgan fingerprint density at radius 1 is 1.32 bits per heavy atom. The molecule has 0 saturated carbocycles. The Hall–Kier alpha value is -2.22. The van der Waals surface area contributed by atoms with Gasteiger partial charge in [0, 0.05) is 17.1 Å². The van der Waals surface area contributed by atoms with Gasteiger partial charge in [-0.05, 0) is 30.7 Å². The highest BCUT2D eigenvalue weighted by Gasteiger charge is 2.26. The second kappa shape index (κ2) is 4.47. The maximum atomic E-state index is 5.27. The van der Waals surface area contributed by atoms with Crippen molar-refractivity contribution in [1.29, 1.82) is 0 Å². The van der Waals surface area contributed by atoms with Crippen LogP contribution >= 0.6 is 0 Å². The van der Waals surface area contributed by atoms with Gasteiger partial charge < -0.3 is 9.30 Å². The fourth-order valence-electron chi connectivity index (χ4n) is 2.66. The van der Waals surface area contributed by atoms with Crippen molar-refractivity contribution >= 4 is 10.9 Å². The lowest BCUT2D eigenvalue weighted by atomic mass is 9.91. The van der Waals surface area contributed by atoms with Crippen molar-refractivity contribution in [2.75, 3.05) is 7.11 Å². The SMILES string of the molecule is C=CC1(n2ccc3cc(OC)ccc32)C=CC=CC1. The number of benzene rings is 1. The van der Waals surface area contributed by atoms with E-state index in [2.05, 4.69) is 59.8 Å². The van der Waals surface area contributed by atoms with Crippen molar-refractivity contribution in [2.45, 2.75) is 12.0 Å². The predicted octanol–water partition coefficient (Wildman–Crippen LogP) is 4.05. The van der Waals surface area contributed by atoms with Crippen molar-refractivity contribution in [3.63, 3.8) is 0 Å². The summed E-state index contributed by atoms with van der Waals surface area (Å²) in [5, 5.41) is 1.18. The van der Waals surface area contributed by atoms with Gasteiger partial charge >= 0.3 is 0 Å². The number of ether oxygens (including phenoxy) is 1. The smallest absolute Gasteiger partial charge is 0.119 e. The topological polar surface area (TPSA) is 14.2 Å². The molecule has 96 valence electrons. The fourth-order valence-corrected chi connectivity index (χ4v) is 2.66. The highest BCUT2D eigenvalue weighted by Crippen LogP contribution is 2.33. The molecule has 0 aliphatic heterocycles. The molecule has 19 heavy (non-hydrogen) atoms. The minimum absolute atomic E-state index is 0.162. The van der Waals surface area contributed by atoms with Crippen LogP contribution in [-0.4, -0.2) is 11.7 Å². The van der Waals surface area contributed by atoms with Gasteiger partial charge in [-0.15, -0.1) is 6.58 Å². The normalized spacial score (nSPS) is 21.7. The van der Waals surface area contributed by atoms with Gasteiger partial charge in [-0.3, -0.25) is 0 Å². The highest BCUT2D eigenvalue weighted by atomic mass is 16.5. The van der Waals surface area contributed by atoms with Crippen LogP contribution in [0.5, 0.6) is 5.75 Å². The molecule has 1 aliphatic rings. The number of aromatic nitrogens is 1. The van der Waals surface area contributed by atoms with Gasteiger partial charge in [-0.2, -0.15) is 0 Å². The van der Waals surface area contributed by atoms with Gasteiger partial charge in [0.05, 0.1) is 12.6 Å². The van der Waals surface area contributed by atoms with E-state index in [-0.39, 0.29) is 5.54 Å². The summed E-state index contributed by atoms with van der Waals surface area (Å²) in [6.07, 6.45) is 13.6. The molecule has 2 aromatic rings. The molecule has 0 spiro atoms. The number of nitrogens with zero attached hydrogens (tertiary/aromatic N) is 1. The Kier molecular flexibility index (Phi) is 2.79. The van der Waals surface area contributed by atoms with Crippen LogP contribution in [0.1, 0.15) is 6.42 Å². The van der Waals surface area contributed by atoms with Gasteiger partial charge in [-0.25, -0.2) is 0 Å². The lowest BCUT2D eigenvalue weighted by Crippen LogP contribution is -2.28. The first-order valence-corrected chi connectivity index (χ1v) is 6.43. The van der Waals surface area contributed by atoms with Gasteiger partial charge in [0.2, 0.25) is 0 Å². The molecule has 0 radical (unpaired) electrons. The third-order valence-electron chi connectivity index (χ3n) is 3.78. The number of hydrogen-bond acceptors (Lipinski definition) is 1. The number of rotatable bonds is 3. The van der Waals surface area contributed by atoms with Crippen molar-refractivity contribution in [1.82, 2.24) is 4.57 Å². The van der Waals surface area contributed by atoms with E-state index < -0.39 is 0 Å². The Bertz CT molecular complexity index is 678. The summed E-state index contributed by atoms with van der Waals surface area (Å²) in [5.41, 5.74) is 1.03. The van der Waals surface area contributed by atoms with Crippen LogP contribution in [0.15, 0.2) is 67.4 Å². The molecule has 1 atom stereocenters. The van der Waals surface area contributed by atoms with E-state index in [1.165, 1.54) is 10.9 Å². The van der Waals surface area contributed by atoms with E-state index in [4.69, 9.17) is 4.74 Å². The van der Waals surface area contributed by atoms with Crippen LogP contribution in [0, 0.1) is 0 Å². The molecule has 1 heterocycles. The monoisotopic (exact) mass is 251 g/mol. The molecule has 1 unspecified atom stereocenters. The first-order chi connectivity index (χ1) is 9.29. The molecule has 1 aromatic carbocycles. The summed E-state index contributed by atoms with van der Waals surface area (Å²) in [5.74, 6) is 0.886. The van der Waals surface area contributed by atoms with E-state index in [1.54, 1.807) is 7.11 Å². The van der Waals surface area contributed by atoms with E-state index >= 15 is 0 Å². The summed E-state index contributed by atoms with van der Waals surface area (Å²) in [6.45, 7) is 4.02. The van der Waals surface area contributed by atoms with Gasteiger partial charge in [0.25, 0.3) is 0 Å². The van der Waals surface area contributed by atoms with Crippen molar-refractivity contribution in [3.05, 3.63) is 67.4 Å². The lowest BCUT2D eigenvalue weighted by molar-refractivity contribution is 0.415. The molecule has 0 bridgehead atoms. The molecule has 2 nitrogen and oxygen atoms in total. The summed E-state index contributed by atoms with van der Waals surface area (Å²) in [7, 11) is 1.69. The average molecular weight is 251 g/mol. The van der Waals surface area contributed by atoms with Crippen LogP contribution < -0.4 is 4.74 Å². The first-order valence-electron chi connectivity index (χ1n) is 6.43. The zero-order valence-electron chi connectivity index (χ0n) is 11.0. The Morgan fingerprint density at radius 3 is 2.89 bits per heavy atom. The summed E-state index contributed by atoms with van der Waals surface area (Å²) >= 11 is 0. The third kappa shape index (κ3) is 1.80. The maximum Gasteiger partial charge on any atom is 0.119 e. The molecule has 0 N–H and O–H groups in total. The van der Waals surface area contributed by atoms with E-state index in [0.717, 1.165) is 12.2 Å². The van der Waals surface area contributed by atoms with Crippen LogP contribution in [0.3, 0.4) is 0 Å². The van der Waals surface area contributed by atoms with Gasteiger partial charge in [-0.1, -0.05) is 30.4 Å². The van der Waals surface area contributed by atoms with Crippen LogP contribution in [0.2, 0.25) is 0 Å². The number of hydrogen-bond donors (Lipinski definition) is 0. The molecule has 0 fully saturated rings. The fraction of sp³-hybridized carbons (Fsp3) is 0.176. The molecule has 0 saturated heterocycles. The third-order valence-corrected chi connectivity index (χ3v) is 3.78. The number of fused-ring (bicyclic) bond motifs is 1. The van der Waals surface area contributed by atoms with Crippen LogP contribution in [0.25, 0.3) is 10.9 Å². The van der Waals surface area contributed by atoms with E-state index in [0.29, 0.717) is 0 Å². The van der Waals surface area contributed by atoms with Crippen molar-refractivity contribution < 1.29 is 4.74 Å². The second-order valence-electron chi connectivity index (χ2n) is 4.80. The second-order valence-corrected chi connectivity index (χ2v) is 4.80. The average Bonchev–Trinajstić information content (AvgIpc) is 2.91. The van der Waals surface area contributed by atoms with E-state index in [9.17, 15) is 0 Å². The molecule has 1 aliphatic carbocycles. The zero-order valence-corrected chi connectivity index (χ0v) is 11.0. The first kappa shape index (κ1) is 11.8. The van der Waals surface area contributed by atoms with Crippen molar-refractivity contribution in [2.24, 2.45) is 0 Å². The number of allylic oxidation sites excluding steroid dienone is 5. The van der Waals surface area contributed by atoms with E-state index in [1.807, 2.05) is 12.1 Å². The van der Waals surface area contributed by atoms with Crippen LogP contribution in [0.4, 0.5) is 0 Å². The molecule has 3 rings (SSSR count). The number of methoxy groups -OCH3 is 1. The predicted molar refractivity (Wildman–Crippen MR) is 79.6 cm³/mol. The standard InChI is InChI=1S/C17H17NO/c1-3-17(10-5-4-6-11-17)18-12-9-14-13-15(19-2)7-8-16(14)18/h3-10,12-13H,1,11H2,2H3. The Labute approximate surface area is 113 Å². The molecule has 0 amide bonds. The molecular formula is C17H17NO. The minimum Gasteiger partial charge on any atom is -0.497 e. The molecule has 2 heteroatoms. The zero-order chi connectivity index (χ0) is 13.3. The summed E-state index contributed by atoms with van der Waals surface area (Å²) in [6, 6.07) is 8.28. The lowest BCUT2D eigenvalue weighted by Gasteiger charge is -2.30. The van der Waals surface area contributed by atoms with Gasteiger partial charge in [0.15, 0.2) is 0 Å². The van der Waals surface area contributed by atoms with Crippen LogP contribution in [-0.2, 0) is 5.54 Å². The largest absolute Gasteiger partial charge is 0.497 e.